The van der Waals surface area contributed by atoms with Gasteiger partial charge in [-0.2, -0.15) is 5.10 Å². The van der Waals surface area contributed by atoms with Crippen LogP contribution in [0.2, 0.25) is 0 Å². The third-order valence-corrected chi connectivity index (χ3v) is 4.24. The average Bonchev–Trinajstić information content (AvgIpc) is 2.58. The second-order valence-electron chi connectivity index (χ2n) is 7.21. The Bertz CT molecular complexity index is 781. The van der Waals surface area contributed by atoms with E-state index >= 15 is 0 Å². The van der Waals surface area contributed by atoms with Crippen LogP contribution in [0.3, 0.4) is 0 Å². The molecule has 0 saturated heterocycles. The summed E-state index contributed by atoms with van der Waals surface area (Å²) in [5, 5.41) is 17.8. The summed E-state index contributed by atoms with van der Waals surface area (Å²) in [6.45, 7) is 6.57. The zero-order chi connectivity index (χ0) is 18.4. The number of hydrogen-bond donors (Lipinski definition) is 2. The van der Waals surface area contributed by atoms with Crippen LogP contribution in [0.15, 0.2) is 35.3 Å². The molecule has 0 saturated carbocycles. The lowest BCUT2D eigenvalue weighted by atomic mass is 9.95. The minimum atomic E-state index is -0.901. The highest BCUT2D eigenvalue weighted by Crippen LogP contribution is 2.15. The van der Waals surface area contributed by atoms with E-state index in [-0.39, 0.29) is 24.3 Å². The smallest absolute Gasteiger partial charge is 0.221 e. The molecule has 1 aromatic carbocycles. The summed E-state index contributed by atoms with van der Waals surface area (Å²) in [5.74, 6) is 0.372. The van der Waals surface area contributed by atoms with Crippen molar-refractivity contribution in [2.24, 2.45) is 5.92 Å². The number of aliphatic hydroxyl groups is 1. The van der Waals surface area contributed by atoms with E-state index in [2.05, 4.69) is 24.3 Å². The summed E-state index contributed by atoms with van der Waals surface area (Å²) in [6, 6.07) is 7.21. The van der Waals surface area contributed by atoms with Crippen molar-refractivity contribution in [2.75, 3.05) is 6.54 Å². The van der Waals surface area contributed by atoms with Gasteiger partial charge in [0.05, 0.1) is 23.9 Å². The number of nitrogens with zero attached hydrogens (tertiary/aromatic N) is 2. The van der Waals surface area contributed by atoms with Crippen LogP contribution in [0.25, 0.3) is 10.9 Å². The lowest BCUT2D eigenvalue weighted by Crippen LogP contribution is -2.41. The SMILES string of the molecule is CC(C)CCC(C)(O)CNC(=O)CCn1ncc(=O)c2ccccc21. The van der Waals surface area contributed by atoms with Crippen molar-refractivity contribution in [3.8, 4) is 0 Å². The number of aromatic nitrogens is 2. The Hall–Kier alpha value is -2.21. The number of rotatable bonds is 8. The average molecular weight is 345 g/mol. The van der Waals surface area contributed by atoms with Crippen LogP contribution in [0.4, 0.5) is 0 Å². The van der Waals surface area contributed by atoms with Gasteiger partial charge in [-0.15, -0.1) is 0 Å². The highest BCUT2D eigenvalue weighted by Gasteiger charge is 2.21. The number of hydrogen-bond acceptors (Lipinski definition) is 4. The summed E-state index contributed by atoms with van der Waals surface area (Å²) in [5.41, 5.74) is -0.313. The van der Waals surface area contributed by atoms with Gasteiger partial charge in [0.25, 0.3) is 0 Å². The van der Waals surface area contributed by atoms with Crippen molar-refractivity contribution >= 4 is 16.8 Å². The van der Waals surface area contributed by atoms with Crippen molar-refractivity contribution in [1.82, 2.24) is 15.1 Å². The van der Waals surface area contributed by atoms with Crippen LogP contribution in [0.1, 0.15) is 40.0 Å². The fourth-order valence-electron chi connectivity index (χ4n) is 2.61. The predicted molar refractivity (Wildman–Crippen MR) is 98.3 cm³/mol. The van der Waals surface area contributed by atoms with Crippen molar-refractivity contribution < 1.29 is 9.90 Å². The largest absolute Gasteiger partial charge is 0.388 e. The van der Waals surface area contributed by atoms with E-state index in [4.69, 9.17) is 0 Å². The van der Waals surface area contributed by atoms with Gasteiger partial charge in [-0.3, -0.25) is 14.3 Å². The molecule has 2 aromatic rings. The van der Waals surface area contributed by atoms with E-state index in [1.807, 2.05) is 12.1 Å². The summed E-state index contributed by atoms with van der Waals surface area (Å²) >= 11 is 0. The van der Waals surface area contributed by atoms with Gasteiger partial charge in [0.2, 0.25) is 11.3 Å². The Balaban J connectivity index is 1.91. The van der Waals surface area contributed by atoms with Gasteiger partial charge in [0.1, 0.15) is 0 Å². The Labute approximate surface area is 147 Å². The molecular weight excluding hydrogens is 318 g/mol. The normalized spacial score (nSPS) is 13.8. The van der Waals surface area contributed by atoms with Crippen LogP contribution in [-0.2, 0) is 11.3 Å². The molecule has 0 bridgehead atoms. The first-order chi connectivity index (χ1) is 11.8. The number of carbonyl (C=O) groups is 1. The molecule has 1 unspecified atom stereocenters. The molecule has 25 heavy (non-hydrogen) atoms. The predicted octanol–water partition coefficient (Wildman–Crippen LogP) is 2.09. The zero-order valence-corrected chi connectivity index (χ0v) is 15.2. The first kappa shape index (κ1) is 19.1. The molecule has 0 radical (unpaired) electrons. The minimum Gasteiger partial charge on any atom is -0.388 e. The Morgan fingerprint density at radius 1 is 1.36 bits per heavy atom. The highest BCUT2D eigenvalue weighted by atomic mass is 16.3. The molecule has 2 rings (SSSR count). The number of amides is 1. The fourth-order valence-corrected chi connectivity index (χ4v) is 2.61. The van der Waals surface area contributed by atoms with Gasteiger partial charge in [0, 0.05) is 18.4 Å². The number of aryl methyl sites for hydroxylation is 1. The summed E-state index contributed by atoms with van der Waals surface area (Å²) in [4.78, 5) is 23.9. The maximum Gasteiger partial charge on any atom is 0.221 e. The standard InChI is InChI=1S/C19H27N3O3/c1-14(2)8-10-19(3,25)13-20-18(24)9-11-22-16-7-5-4-6-15(16)17(23)12-21-22/h4-7,12,14,25H,8-11,13H2,1-3H3,(H,20,24). The molecular formula is C19H27N3O3. The van der Waals surface area contributed by atoms with Crippen LogP contribution in [-0.4, -0.2) is 32.9 Å². The lowest BCUT2D eigenvalue weighted by molar-refractivity contribution is -0.122. The van der Waals surface area contributed by atoms with E-state index in [1.54, 1.807) is 23.7 Å². The van der Waals surface area contributed by atoms with Crippen LogP contribution >= 0.6 is 0 Å². The number of fused-ring (bicyclic) bond motifs is 1. The van der Waals surface area contributed by atoms with Crippen LogP contribution in [0, 0.1) is 5.92 Å². The lowest BCUT2D eigenvalue weighted by Gasteiger charge is -2.24. The molecule has 1 aromatic heterocycles. The fraction of sp³-hybridized carbons (Fsp3) is 0.526. The molecule has 0 aliphatic carbocycles. The maximum absolute atomic E-state index is 12.1. The van der Waals surface area contributed by atoms with Crippen molar-refractivity contribution in [3.63, 3.8) is 0 Å². The molecule has 6 heteroatoms. The molecule has 6 nitrogen and oxygen atoms in total. The monoisotopic (exact) mass is 345 g/mol. The van der Waals surface area contributed by atoms with E-state index < -0.39 is 5.60 Å². The van der Waals surface area contributed by atoms with Crippen LogP contribution < -0.4 is 10.7 Å². The second-order valence-corrected chi connectivity index (χ2v) is 7.21. The van der Waals surface area contributed by atoms with Gasteiger partial charge < -0.3 is 10.4 Å². The quantitative estimate of drug-likeness (QED) is 0.767. The third-order valence-electron chi connectivity index (χ3n) is 4.24. The van der Waals surface area contributed by atoms with E-state index in [9.17, 15) is 14.7 Å². The maximum atomic E-state index is 12.1. The van der Waals surface area contributed by atoms with Gasteiger partial charge in [0.15, 0.2) is 0 Å². The third kappa shape index (κ3) is 5.67. The Morgan fingerprint density at radius 2 is 2.08 bits per heavy atom. The number of nitrogens with one attached hydrogen (secondary N) is 1. The minimum absolute atomic E-state index is 0.127. The van der Waals surface area contributed by atoms with E-state index in [0.717, 1.165) is 6.42 Å². The highest BCUT2D eigenvalue weighted by molar-refractivity contribution is 5.79. The second kappa shape index (κ2) is 8.25. The zero-order valence-electron chi connectivity index (χ0n) is 15.2. The molecule has 0 aliphatic heterocycles. The van der Waals surface area contributed by atoms with Crippen molar-refractivity contribution in [1.29, 1.82) is 0 Å². The Kier molecular flexibility index (Phi) is 6.31. The molecule has 0 aliphatic rings. The van der Waals surface area contributed by atoms with E-state index in [1.165, 1.54) is 6.20 Å². The van der Waals surface area contributed by atoms with Gasteiger partial charge >= 0.3 is 0 Å². The first-order valence-corrected chi connectivity index (χ1v) is 8.72. The molecule has 1 amide bonds. The molecule has 0 spiro atoms. The molecule has 1 atom stereocenters. The number of benzene rings is 1. The molecule has 1 heterocycles. The van der Waals surface area contributed by atoms with Crippen LogP contribution in [0.5, 0.6) is 0 Å². The van der Waals surface area contributed by atoms with E-state index in [0.29, 0.717) is 29.8 Å². The van der Waals surface area contributed by atoms with Crippen molar-refractivity contribution in [3.05, 3.63) is 40.7 Å². The Morgan fingerprint density at radius 3 is 2.80 bits per heavy atom. The molecule has 136 valence electrons. The van der Waals surface area contributed by atoms with Gasteiger partial charge in [-0.05, 0) is 37.8 Å². The summed E-state index contributed by atoms with van der Waals surface area (Å²) in [6.07, 6.45) is 3.07. The van der Waals surface area contributed by atoms with Gasteiger partial charge in [-0.1, -0.05) is 26.0 Å². The molecule has 2 N–H and O–H groups in total. The summed E-state index contributed by atoms with van der Waals surface area (Å²) in [7, 11) is 0. The van der Waals surface area contributed by atoms with Gasteiger partial charge in [-0.25, -0.2) is 0 Å². The molecule has 0 fully saturated rings. The topological polar surface area (TPSA) is 84.2 Å². The first-order valence-electron chi connectivity index (χ1n) is 8.72. The van der Waals surface area contributed by atoms with Crippen molar-refractivity contribution in [2.45, 2.75) is 52.2 Å². The summed E-state index contributed by atoms with van der Waals surface area (Å²) < 4.78 is 1.66. The number of carbonyl (C=O) groups excluding carboxylic acids is 1. The number of para-hydroxylation sites is 1.